The monoisotopic (exact) mass is 402 g/mol. The summed E-state index contributed by atoms with van der Waals surface area (Å²) in [5.74, 6) is -0.607. The number of benzene rings is 1. The topological polar surface area (TPSA) is 44.1 Å². The van der Waals surface area contributed by atoms with Crippen LogP contribution in [0.25, 0.3) is 5.69 Å². The summed E-state index contributed by atoms with van der Waals surface area (Å²) >= 11 is 2.10. The Morgan fingerprint density at radius 3 is 2.62 bits per heavy atom. The summed E-state index contributed by atoms with van der Waals surface area (Å²) in [6.45, 7) is 5.86. The third-order valence-corrected chi connectivity index (χ3v) is 4.24. The number of methoxy groups -OCH3 is 1. The van der Waals surface area contributed by atoms with Crippen molar-refractivity contribution in [1.82, 2.24) is 9.78 Å². The summed E-state index contributed by atoms with van der Waals surface area (Å²) in [6.07, 6.45) is 0. The van der Waals surface area contributed by atoms with Crippen molar-refractivity contribution in [1.29, 1.82) is 0 Å². The van der Waals surface area contributed by atoms with Gasteiger partial charge in [0.05, 0.1) is 22.1 Å². The van der Waals surface area contributed by atoms with Gasteiger partial charge in [-0.1, -0.05) is 13.8 Å². The van der Waals surface area contributed by atoms with Gasteiger partial charge in [0.1, 0.15) is 5.82 Å². The summed E-state index contributed by atoms with van der Waals surface area (Å²) in [5, 5.41) is 4.37. The highest BCUT2D eigenvalue weighted by Crippen LogP contribution is 2.29. The zero-order valence-corrected chi connectivity index (χ0v) is 14.4. The number of carbonyl (C=O) groups is 1. The van der Waals surface area contributed by atoms with E-state index < -0.39 is 5.97 Å². The molecule has 6 heteroatoms. The normalized spacial score (nSPS) is 11.0. The number of esters is 1. The first-order valence-electron chi connectivity index (χ1n) is 6.50. The SMILES string of the molecule is COC(=O)c1nn(-c2ccc(F)cc2C)c(C(C)C)c1I. The molecule has 0 N–H and O–H groups in total. The molecule has 4 nitrogen and oxygen atoms in total. The van der Waals surface area contributed by atoms with Gasteiger partial charge < -0.3 is 4.74 Å². The molecule has 21 heavy (non-hydrogen) atoms. The molecule has 112 valence electrons. The number of carbonyl (C=O) groups excluding carboxylic acids is 1. The summed E-state index contributed by atoms with van der Waals surface area (Å²) in [6, 6.07) is 4.51. The van der Waals surface area contributed by atoms with Gasteiger partial charge in [-0.15, -0.1) is 0 Å². The highest BCUT2D eigenvalue weighted by Gasteiger charge is 2.24. The van der Waals surface area contributed by atoms with E-state index >= 15 is 0 Å². The Kier molecular flexibility index (Phi) is 4.65. The van der Waals surface area contributed by atoms with Crippen LogP contribution in [-0.2, 0) is 4.74 Å². The van der Waals surface area contributed by atoms with Crippen LogP contribution in [0.15, 0.2) is 18.2 Å². The van der Waals surface area contributed by atoms with Crippen molar-refractivity contribution in [3.63, 3.8) is 0 Å². The predicted octanol–water partition coefficient (Wildman–Crippen LogP) is 3.83. The molecular formula is C15H16FIN2O2. The van der Waals surface area contributed by atoms with Crippen LogP contribution in [0.1, 0.15) is 41.5 Å². The maximum atomic E-state index is 13.3. The lowest BCUT2D eigenvalue weighted by molar-refractivity contribution is 0.0592. The molecule has 2 rings (SSSR count). The van der Waals surface area contributed by atoms with Crippen LogP contribution in [-0.4, -0.2) is 22.9 Å². The second-order valence-electron chi connectivity index (χ2n) is 5.04. The van der Waals surface area contributed by atoms with Crippen molar-refractivity contribution >= 4 is 28.6 Å². The quantitative estimate of drug-likeness (QED) is 0.579. The van der Waals surface area contributed by atoms with Crippen LogP contribution >= 0.6 is 22.6 Å². The number of halogens is 2. The van der Waals surface area contributed by atoms with Crippen LogP contribution in [0.5, 0.6) is 0 Å². The Morgan fingerprint density at radius 2 is 2.10 bits per heavy atom. The Labute approximate surface area is 136 Å². The smallest absolute Gasteiger partial charge is 0.359 e. The van der Waals surface area contributed by atoms with Crippen LogP contribution in [0, 0.1) is 16.3 Å². The molecule has 2 aromatic rings. The average molecular weight is 402 g/mol. The van der Waals surface area contributed by atoms with Crippen molar-refractivity contribution in [2.75, 3.05) is 7.11 Å². The van der Waals surface area contributed by atoms with E-state index in [9.17, 15) is 9.18 Å². The van der Waals surface area contributed by atoms with Crippen LogP contribution in [0.4, 0.5) is 4.39 Å². The fourth-order valence-corrected chi connectivity index (χ4v) is 3.36. The van der Waals surface area contributed by atoms with E-state index in [4.69, 9.17) is 4.74 Å². The molecular weight excluding hydrogens is 386 g/mol. The third-order valence-electron chi connectivity index (χ3n) is 3.17. The maximum absolute atomic E-state index is 13.3. The Balaban J connectivity index is 2.70. The number of aromatic nitrogens is 2. The molecule has 0 atom stereocenters. The van der Waals surface area contributed by atoms with Gasteiger partial charge >= 0.3 is 5.97 Å². The lowest BCUT2D eigenvalue weighted by atomic mass is 10.1. The number of aryl methyl sites for hydroxylation is 1. The molecule has 0 saturated heterocycles. The first-order valence-corrected chi connectivity index (χ1v) is 7.58. The van der Waals surface area contributed by atoms with Crippen LogP contribution in [0.2, 0.25) is 0 Å². The Bertz CT molecular complexity index is 695. The van der Waals surface area contributed by atoms with E-state index in [1.54, 1.807) is 10.7 Å². The van der Waals surface area contributed by atoms with Gasteiger partial charge in [-0.25, -0.2) is 13.9 Å². The third kappa shape index (κ3) is 2.95. The van der Waals surface area contributed by atoms with E-state index in [0.717, 1.165) is 20.5 Å². The van der Waals surface area contributed by atoms with E-state index in [1.165, 1.54) is 19.2 Å². The summed E-state index contributed by atoms with van der Waals surface area (Å²) in [7, 11) is 1.33. The fraction of sp³-hybridized carbons (Fsp3) is 0.333. The van der Waals surface area contributed by atoms with E-state index in [0.29, 0.717) is 0 Å². The number of ether oxygens (including phenoxy) is 1. The van der Waals surface area contributed by atoms with Crippen LogP contribution < -0.4 is 0 Å². The molecule has 0 spiro atoms. The first kappa shape index (κ1) is 15.9. The molecule has 0 amide bonds. The molecule has 0 aliphatic heterocycles. The maximum Gasteiger partial charge on any atom is 0.359 e. The molecule has 0 bridgehead atoms. The van der Waals surface area contributed by atoms with Crippen molar-refractivity contribution in [2.45, 2.75) is 26.7 Å². The van der Waals surface area contributed by atoms with E-state index in [-0.39, 0.29) is 17.4 Å². The molecule has 0 unspecified atom stereocenters. The average Bonchev–Trinajstić information content (AvgIpc) is 2.75. The Hall–Kier alpha value is -1.44. The molecule has 0 radical (unpaired) electrons. The molecule has 0 aliphatic carbocycles. The molecule has 1 aromatic heterocycles. The minimum Gasteiger partial charge on any atom is -0.464 e. The first-order chi connectivity index (χ1) is 9.86. The number of hydrogen-bond acceptors (Lipinski definition) is 3. The molecule has 1 aromatic carbocycles. The standard InChI is InChI=1S/C15H16FIN2O2/c1-8(2)14-12(17)13(15(20)21-4)18-19(14)11-6-5-10(16)7-9(11)3/h5-8H,1-4H3. The lowest BCUT2D eigenvalue weighted by Crippen LogP contribution is -2.07. The summed E-state index contributed by atoms with van der Waals surface area (Å²) in [4.78, 5) is 11.8. The van der Waals surface area contributed by atoms with Gasteiger partial charge in [-0.2, -0.15) is 5.10 Å². The van der Waals surface area contributed by atoms with Gasteiger partial charge in [0.15, 0.2) is 5.69 Å². The van der Waals surface area contributed by atoms with Gasteiger partial charge in [0.2, 0.25) is 0 Å². The Morgan fingerprint density at radius 1 is 1.43 bits per heavy atom. The molecule has 0 saturated carbocycles. The summed E-state index contributed by atoms with van der Waals surface area (Å²) in [5.41, 5.74) is 2.71. The minimum atomic E-state index is -0.472. The summed E-state index contributed by atoms with van der Waals surface area (Å²) < 4.78 is 20.5. The van der Waals surface area contributed by atoms with Gasteiger partial charge in [0, 0.05) is 0 Å². The number of nitrogens with zero attached hydrogens (tertiary/aromatic N) is 2. The van der Waals surface area contributed by atoms with Crippen molar-refractivity contribution < 1.29 is 13.9 Å². The van der Waals surface area contributed by atoms with Crippen molar-refractivity contribution in [2.24, 2.45) is 0 Å². The largest absolute Gasteiger partial charge is 0.464 e. The number of hydrogen-bond donors (Lipinski definition) is 0. The zero-order chi connectivity index (χ0) is 15.7. The predicted molar refractivity (Wildman–Crippen MR) is 86.4 cm³/mol. The fourth-order valence-electron chi connectivity index (χ4n) is 2.18. The second-order valence-corrected chi connectivity index (χ2v) is 6.12. The highest BCUT2D eigenvalue weighted by molar-refractivity contribution is 14.1. The van der Waals surface area contributed by atoms with Gasteiger partial charge in [-0.3, -0.25) is 0 Å². The van der Waals surface area contributed by atoms with Gasteiger partial charge in [0.25, 0.3) is 0 Å². The second kappa shape index (κ2) is 6.13. The van der Waals surface area contributed by atoms with E-state index in [1.807, 2.05) is 20.8 Å². The zero-order valence-electron chi connectivity index (χ0n) is 12.3. The van der Waals surface area contributed by atoms with Gasteiger partial charge in [-0.05, 0) is 59.2 Å². The minimum absolute atomic E-state index is 0.159. The van der Waals surface area contributed by atoms with Crippen LogP contribution in [0.3, 0.4) is 0 Å². The van der Waals surface area contributed by atoms with Crippen molar-refractivity contribution in [3.8, 4) is 5.69 Å². The lowest BCUT2D eigenvalue weighted by Gasteiger charge is -2.13. The molecule has 1 heterocycles. The van der Waals surface area contributed by atoms with Crippen molar-refractivity contribution in [3.05, 3.63) is 44.5 Å². The number of rotatable bonds is 3. The highest BCUT2D eigenvalue weighted by atomic mass is 127. The van der Waals surface area contributed by atoms with E-state index in [2.05, 4.69) is 27.7 Å². The molecule has 0 fully saturated rings. The molecule has 0 aliphatic rings.